The molecule has 0 aliphatic carbocycles. The van der Waals surface area contributed by atoms with Gasteiger partial charge >= 0.3 is 0 Å². The van der Waals surface area contributed by atoms with E-state index >= 15 is 0 Å². The zero-order valence-electron chi connectivity index (χ0n) is 5.30. The molecule has 0 aliphatic rings. The average molecular weight is 150 g/mol. The molecule has 0 amide bonds. The third-order valence-corrected chi connectivity index (χ3v) is 2.11. The van der Waals surface area contributed by atoms with Gasteiger partial charge in [0.2, 0.25) is 0 Å². The van der Waals surface area contributed by atoms with E-state index in [2.05, 4.69) is 32.2 Å². The van der Waals surface area contributed by atoms with Gasteiger partial charge in [-0.2, -0.15) is 25.3 Å². The summed E-state index contributed by atoms with van der Waals surface area (Å²) in [6.45, 7) is 2.22. The third kappa shape index (κ3) is 4.85. The second-order valence-electron chi connectivity index (χ2n) is 2.15. The summed E-state index contributed by atoms with van der Waals surface area (Å²) in [6.07, 6.45) is 2.50. The minimum absolute atomic E-state index is 0.769. The smallest absolute Gasteiger partial charge is 0.00721 e. The van der Waals surface area contributed by atoms with Crippen molar-refractivity contribution in [3.05, 3.63) is 0 Å². The van der Waals surface area contributed by atoms with E-state index in [0.717, 1.165) is 17.4 Å². The van der Waals surface area contributed by atoms with Crippen molar-refractivity contribution in [2.45, 2.75) is 19.8 Å². The van der Waals surface area contributed by atoms with E-state index in [9.17, 15) is 0 Å². The van der Waals surface area contributed by atoms with Gasteiger partial charge in [-0.25, -0.2) is 0 Å². The second kappa shape index (κ2) is 5.83. The summed E-state index contributed by atoms with van der Waals surface area (Å²) in [4.78, 5) is 0. The van der Waals surface area contributed by atoms with Crippen LogP contribution in [-0.4, -0.2) is 11.5 Å². The van der Waals surface area contributed by atoms with Gasteiger partial charge in [0, 0.05) is 0 Å². The first-order valence-electron chi connectivity index (χ1n) is 3.03. The molecule has 0 aromatic rings. The van der Waals surface area contributed by atoms with Crippen LogP contribution in [-0.2, 0) is 0 Å². The lowest BCUT2D eigenvalue weighted by Gasteiger charge is -2.03. The fraction of sp³-hybridized carbons (Fsp3) is 1.00. The Hall–Kier alpha value is 0.700. The number of rotatable bonds is 4. The van der Waals surface area contributed by atoms with Crippen molar-refractivity contribution in [1.82, 2.24) is 0 Å². The Balaban J connectivity index is 2.86. The molecule has 0 bridgehead atoms. The summed E-state index contributed by atoms with van der Waals surface area (Å²) in [5.41, 5.74) is 0. The second-order valence-corrected chi connectivity index (χ2v) is 2.97. The van der Waals surface area contributed by atoms with Crippen LogP contribution in [0.25, 0.3) is 0 Å². The molecule has 0 rings (SSSR count). The van der Waals surface area contributed by atoms with E-state index in [1.165, 1.54) is 12.8 Å². The molecule has 2 heteroatoms. The van der Waals surface area contributed by atoms with E-state index in [-0.39, 0.29) is 0 Å². The average Bonchev–Trinajstić information content (AvgIpc) is 1.83. The Bertz CT molecular complexity index is 45.8. The highest BCUT2D eigenvalue weighted by Crippen LogP contribution is 2.06. The van der Waals surface area contributed by atoms with E-state index in [1.807, 2.05) is 0 Å². The van der Waals surface area contributed by atoms with Crippen LogP contribution in [0.1, 0.15) is 19.8 Å². The maximum absolute atomic E-state index is 4.16. The van der Waals surface area contributed by atoms with Gasteiger partial charge in [0.05, 0.1) is 0 Å². The first-order valence-corrected chi connectivity index (χ1v) is 4.29. The van der Waals surface area contributed by atoms with Gasteiger partial charge in [-0.3, -0.25) is 0 Å². The zero-order chi connectivity index (χ0) is 6.41. The molecule has 0 nitrogen and oxygen atoms in total. The van der Waals surface area contributed by atoms with Crippen LogP contribution in [0.4, 0.5) is 0 Å². The molecule has 0 saturated carbocycles. The van der Waals surface area contributed by atoms with E-state index in [0.29, 0.717) is 0 Å². The quantitative estimate of drug-likeness (QED) is 0.564. The SMILES string of the molecule is CC(CS)CCCS. The van der Waals surface area contributed by atoms with Crippen molar-refractivity contribution in [2.24, 2.45) is 5.92 Å². The number of thiol groups is 2. The van der Waals surface area contributed by atoms with Crippen LogP contribution in [0.5, 0.6) is 0 Å². The van der Waals surface area contributed by atoms with Gasteiger partial charge in [-0.05, 0) is 30.3 Å². The minimum Gasteiger partial charge on any atom is -0.179 e. The highest BCUT2D eigenvalue weighted by Gasteiger charge is 1.95. The lowest BCUT2D eigenvalue weighted by atomic mass is 10.1. The molecular weight excluding hydrogens is 136 g/mol. The maximum atomic E-state index is 4.16. The monoisotopic (exact) mass is 150 g/mol. The maximum Gasteiger partial charge on any atom is -0.00721 e. The Kier molecular flexibility index (Phi) is 6.34. The van der Waals surface area contributed by atoms with Gasteiger partial charge in [-0.15, -0.1) is 0 Å². The molecular formula is C6H14S2. The van der Waals surface area contributed by atoms with Crippen LogP contribution in [0.2, 0.25) is 0 Å². The lowest BCUT2D eigenvalue weighted by molar-refractivity contribution is 0.590. The van der Waals surface area contributed by atoms with Crippen molar-refractivity contribution in [3.63, 3.8) is 0 Å². The highest BCUT2D eigenvalue weighted by atomic mass is 32.1. The Morgan fingerprint density at radius 2 is 2.00 bits per heavy atom. The summed E-state index contributed by atoms with van der Waals surface area (Å²) in [7, 11) is 0. The molecule has 0 heterocycles. The standard InChI is InChI=1S/C6H14S2/c1-6(5-8)3-2-4-7/h6-8H,2-5H2,1H3. The first-order chi connectivity index (χ1) is 3.81. The fourth-order valence-corrected chi connectivity index (χ4v) is 0.896. The predicted octanol–water partition coefficient (Wildman–Crippen LogP) is 2.26. The molecule has 0 aromatic carbocycles. The Labute approximate surface area is 62.9 Å². The summed E-state index contributed by atoms with van der Waals surface area (Å²) >= 11 is 8.27. The summed E-state index contributed by atoms with van der Waals surface area (Å²) in [5, 5.41) is 0. The Morgan fingerprint density at radius 1 is 1.38 bits per heavy atom. The van der Waals surface area contributed by atoms with Crippen molar-refractivity contribution < 1.29 is 0 Å². The van der Waals surface area contributed by atoms with Gasteiger partial charge in [0.1, 0.15) is 0 Å². The molecule has 1 unspecified atom stereocenters. The number of hydrogen-bond donors (Lipinski definition) is 2. The van der Waals surface area contributed by atoms with Crippen LogP contribution in [0.15, 0.2) is 0 Å². The lowest BCUT2D eigenvalue weighted by Crippen LogP contribution is -1.95. The third-order valence-electron chi connectivity index (χ3n) is 1.17. The molecule has 8 heavy (non-hydrogen) atoms. The topological polar surface area (TPSA) is 0 Å². The van der Waals surface area contributed by atoms with E-state index in [1.54, 1.807) is 0 Å². The Morgan fingerprint density at radius 3 is 2.38 bits per heavy atom. The van der Waals surface area contributed by atoms with Crippen LogP contribution < -0.4 is 0 Å². The van der Waals surface area contributed by atoms with Crippen LogP contribution in [0.3, 0.4) is 0 Å². The highest BCUT2D eigenvalue weighted by molar-refractivity contribution is 7.80. The molecule has 0 saturated heterocycles. The molecule has 50 valence electrons. The zero-order valence-corrected chi connectivity index (χ0v) is 7.09. The number of hydrogen-bond acceptors (Lipinski definition) is 2. The molecule has 0 aromatic heterocycles. The van der Waals surface area contributed by atoms with Crippen LogP contribution >= 0.6 is 25.3 Å². The normalized spacial score (nSPS) is 13.9. The molecule has 0 spiro atoms. The fourth-order valence-electron chi connectivity index (χ4n) is 0.531. The first kappa shape index (κ1) is 8.70. The molecule has 0 fully saturated rings. The van der Waals surface area contributed by atoms with Gasteiger partial charge in [0.15, 0.2) is 0 Å². The molecule has 0 aliphatic heterocycles. The van der Waals surface area contributed by atoms with Gasteiger partial charge < -0.3 is 0 Å². The summed E-state index contributed by atoms with van der Waals surface area (Å²) < 4.78 is 0. The molecule has 0 radical (unpaired) electrons. The van der Waals surface area contributed by atoms with Gasteiger partial charge in [0.25, 0.3) is 0 Å². The minimum atomic E-state index is 0.769. The summed E-state index contributed by atoms with van der Waals surface area (Å²) in [6, 6.07) is 0. The van der Waals surface area contributed by atoms with Crippen LogP contribution in [0, 0.1) is 5.92 Å². The molecule has 1 atom stereocenters. The van der Waals surface area contributed by atoms with Crippen molar-refractivity contribution >= 4 is 25.3 Å². The van der Waals surface area contributed by atoms with Crippen molar-refractivity contribution in [1.29, 1.82) is 0 Å². The summed E-state index contributed by atoms with van der Waals surface area (Å²) in [5.74, 6) is 2.79. The van der Waals surface area contributed by atoms with E-state index < -0.39 is 0 Å². The predicted molar refractivity (Wildman–Crippen MR) is 46.1 cm³/mol. The molecule has 0 N–H and O–H groups in total. The van der Waals surface area contributed by atoms with Crippen molar-refractivity contribution in [2.75, 3.05) is 11.5 Å². The van der Waals surface area contributed by atoms with E-state index in [4.69, 9.17) is 0 Å². The van der Waals surface area contributed by atoms with Crippen molar-refractivity contribution in [3.8, 4) is 0 Å². The van der Waals surface area contributed by atoms with Gasteiger partial charge in [-0.1, -0.05) is 6.92 Å². The largest absolute Gasteiger partial charge is 0.179 e.